The molecule has 0 aromatic heterocycles. The van der Waals surface area contributed by atoms with E-state index in [0.29, 0.717) is 27.8 Å². The summed E-state index contributed by atoms with van der Waals surface area (Å²) in [7, 11) is 0. The van der Waals surface area contributed by atoms with E-state index in [1.807, 2.05) is 0 Å². The second kappa shape index (κ2) is 25.9. The van der Waals surface area contributed by atoms with E-state index in [0.717, 1.165) is 42.5 Å². The highest BCUT2D eigenvalue weighted by molar-refractivity contribution is 8.00. The normalized spacial score (nSPS) is 15.2. The van der Waals surface area contributed by atoms with Gasteiger partial charge >= 0.3 is 17.9 Å². The maximum absolute atomic E-state index is 14.8. The fraction of sp³-hybridized carbons (Fsp3) is 0.281. The van der Waals surface area contributed by atoms with Crippen molar-refractivity contribution in [1.29, 1.82) is 0 Å². The van der Waals surface area contributed by atoms with Gasteiger partial charge in [-0.3, -0.25) is 43.2 Å². The zero-order valence-corrected chi connectivity index (χ0v) is 45.2. The number of hydrogen-bond acceptors (Lipinski definition) is 15. The van der Waals surface area contributed by atoms with Crippen LogP contribution in [0.5, 0.6) is 5.75 Å². The number of aromatic hydroxyl groups is 1. The number of hydrogen-bond donors (Lipinski definition) is 10. The Morgan fingerprint density at radius 3 is 1.89 bits per heavy atom. The van der Waals surface area contributed by atoms with E-state index in [1.165, 1.54) is 0 Å². The molecule has 4 aromatic rings. The molecule has 7 amide bonds. The molecule has 0 bridgehead atoms. The van der Waals surface area contributed by atoms with E-state index < -0.39 is 154 Å². The third-order valence-corrected chi connectivity index (χ3v) is 14.4. The summed E-state index contributed by atoms with van der Waals surface area (Å²) in [6.45, 7) is 4.37. The van der Waals surface area contributed by atoms with Gasteiger partial charge in [0.2, 0.25) is 46.8 Å². The predicted molar refractivity (Wildman–Crippen MR) is 295 cm³/mol. The first-order chi connectivity index (χ1) is 39.2. The lowest BCUT2D eigenvalue weighted by Gasteiger charge is -2.26. The van der Waals surface area contributed by atoms with Crippen LogP contribution in [0.15, 0.2) is 112 Å². The molecule has 434 valence electrons. The Bertz CT molecular complexity index is 3580. The number of benzene rings is 5. The number of thioether (sulfide) groups is 1. The number of imide groups is 1. The average molecular weight is 1160 g/mol. The Balaban J connectivity index is 1.01. The molecule has 0 spiro atoms. The van der Waals surface area contributed by atoms with Crippen LogP contribution in [0.25, 0.3) is 33.4 Å². The standard InChI is InChI=1S/C57H55F2N7O16S/c1-57(2,3)56(81)65-38(17-28-12-8-5-9-13-28)51(74)63-37(16-27-10-6-4-7-11-27)50(73)61-25-36(60)49(72)62-39(21-47(70)71)52(75)64-40(55(79)80)26-83-45-24-46(69)66(53(45)76)29-14-15-30(31(18-29)54(77)78)48-32-19-34(58)41(67)22-43(32)82-44-23-42(68)35(59)20-33(44)48/h4-15,18-20,22-23,36-40,45,67H,16-17,21,24-26,60H2,1-3H3,(H,61,73)(H,62,72)(H,63,74)(H,64,75)(H,65,81)(H,70,71)(H,77,78)(H,79,80)/t36-,37-,38-,39-,40-,45?/m0/s1. The molecule has 1 fully saturated rings. The fourth-order valence-corrected chi connectivity index (χ4v) is 9.94. The number of phenols is 1. The van der Waals surface area contributed by atoms with Crippen molar-refractivity contribution < 1.29 is 81.6 Å². The van der Waals surface area contributed by atoms with Gasteiger partial charge in [-0.05, 0) is 41.0 Å². The molecular weight excluding hydrogens is 1110 g/mol. The summed E-state index contributed by atoms with van der Waals surface area (Å²) >= 11 is 0.596. The number of aliphatic carboxylic acids is 2. The van der Waals surface area contributed by atoms with Gasteiger partial charge in [0.1, 0.15) is 41.6 Å². The van der Waals surface area contributed by atoms with Crippen molar-refractivity contribution in [3.8, 4) is 28.2 Å². The number of carbonyl (C=O) groups is 10. The molecule has 2 heterocycles. The molecule has 83 heavy (non-hydrogen) atoms. The third-order valence-electron chi connectivity index (χ3n) is 13.1. The first kappa shape index (κ1) is 61.1. The number of anilines is 1. The van der Waals surface area contributed by atoms with Crippen LogP contribution in [-0.4, -0.2) is 127 Å². The van der Waals surface area contributed by atoms with Gasteiger partial charge in [-0.1, -0.05) is 87.5 Å². The summed E-state index contributed by atoms with van der Waals surface area (Å²) in [5.41, 5.74) is 3.81. The number of nitrogens with one attached hydrogen (secondary N) is 5. The Morgan fingerprint density at radius 2 is 1.30 bits per heavy atom. The molecule has 23 nitrogen and oxygen atoms in total. The van der Waals surface area contributed by atoms with Crippen molar-refractivity contribution in [2.75, 3.05) is 17.2 Å². The Kier molecular flexibility index (Phi) is 19.1. The van der Waals surface area contributed by atoms with Crippen LogP contribution < -0.4 is 42.6 Å². The van der Waals surface area contributed by atoms with E-state index in [4.69, 9.17) is 10.2 Å². The number of phenolic OH excluding ortho intramolecular Hbond substituents is 1. The van der Waals surface area contributed by atoms with E-state index >= 15 is 0 Å². The monoisotopic (exact) mass is 1160 g/mol. The SMILES string of the molecule is CC(C)(C)C(=O)N[C@@H](Cc1ccccc1)C(=O)N[C@@H](Cc1ccccc1)C(=O)NC[C@H](N)C(=O)N[C@@H](CC(=O)O)C(=O)N[C@@H](CSC1CC(=O)N(c2ccc(-c3c4cc(F)c(=O)cc-4oc4cc(O)c(F)cc34)c(C(=O)O)c2)C1=O)C(=O)O. The second-order valence-electron chi connectivity index (χ2n) is 20.3. The number of fused-ring (bicyclic) bond motifs is 2. The number of carbonyl (C=O) groups excluding carboxylic acids is 7. The van der Waals surface area contributed by atoms with E-state index in [1.54, 1.807) is 81.4 Å². The topological polar surface area (TPSA) is 371 Å². The number of nitrogens with zero attached hydrogens (tertiary/aromatic N) is 1. The van der Waals surface area contributed by atoms with Gasteiger partial charge in [0.05, 0.1) is 22.9 Å². The van der Waals surface area contributed by atoms with Crippen molar-refractivity contribution in [1.82, 2.24) is 26.6 Å². The maximum atomic E-state index is 14.8. The highest BCUT2D eigenvalue weighted by atomic mass is 32.2. The lowest BCUT2D eigenvalue weighted by Crippen LogP contribution is -2.59. The minimum absolute atomic E-state index is 0.0561. The molecule has 26 heteroatoms. The summed E-state index contributed by atoms with van der Waals surface area (Å²) in [6.07, 6.45) is -1.64. The Labute approximate surface area is 474 Å². The number of carboxylic acids is 3. The second-order valence-corrected chi connectivity index (χ2v) is 21.5. The summed E-state index contributed by atoms with van der Waals surface area (Å²) in [6, 6.07) is 15.9. The van der Waals surface area contributed by atoms with Crippen molar-refractivity contribution >= 4 is 87.7 Å². The van der Waals surface area contributed by atoms with Crippen LogP contribution >= 0.6 is 11.8 Å². The number of nitrogens with two attached hydrogens (primary N) is 1. The number of amides is 7. The lowest BCUT2D eigenvalue weighted by atomic mass is 9.90. The van der Waals surface area contributed by atoms with Gasteiger partial charge < -0.3 is 57.2 Å². The van der Waals surface area contributed by atoms with Gasteiger partial charge in [-0.25, -0.2) is 23.3 Å². The molecule has 1 saturated heterocycles. The number of carboxylic acid groups (broad SMARTS) is 3. The van der Waals surface area contributed by atoms with Gasteiger partial charge in [0.25, 0.3) is 0 Å². The zero-order chi connectivity index (χ0) is 60.6. The number of rotatable bonds is 23. The number of aromatic carboxylic acids is 1. The minimum Gasteiger partial charge on any atom is -0.505 e. The van der Waals surface area contributed by atoms with Crippen LogP contribution in [0.1, 0.15) is 55.1 Å². The van der Waals surface area contributed by atoms with Crippen LogP contribution in [0.3, 0.4) is 0 Å². The molecule has 7 rings (SSSR count). The van der Waals surface area contributed by atoms with Crippen LogP contribution in [-0.2, 0) is 56.0 Å². The number of halogens is 2. The largest absolute Gasteiger partial charge is 0.505 e. The van der Waals surface area contributed by atoms with Gasteiger partial charge in [0.15, 0.2) is 17.4 Å². The minimum atomic E-state index is -1.96. The van der Waals surface area contributed by atoms with Gasteiger partial charge in [-0.2, -0.15) is 0 Å². The predicted octanol–water partition coefficient (Wildman–Crippen LogP) is 3.09. The maximum Gasteiger partial charge on any atom is 0.336 e. The average Bonchev–Trinajstić information content (AvgIpc) is 2.81. The summed E-state index contributed by atoms with van der Waals surface area (Å²) in [5, 5.41) is 51.0. The van der Waals surface area contributed by atoms with Crippen LogP contribution in [0.4, 0.5) is 14.5 Å². The summed E-state index contributed by atoms with van der Waals surface area (Å²) < 4.78 is 35.2. The van der Waals surface area contributed by atoms with E-state index in [9.17, 15) is 81.9 Å². The molecular formula is C57H55F2N7O16S. The molecule has 0 saturated carbocycles. The first-order valence-corrected chi connectivity index (χ1v) is 26.5. The van der Waals surface area contributed by atoms with E-state index in [2.05, 4.69) is 26.6 Å². The van der Waals surface area contributed by atoms with Crippen molar-refractivity contribution in [3.63, 3.8) is 0 Å². The Hall–Kier alpha value is -9.56. The summed E-state index contributed by atoms with van der Waals surface area (Å²) in [4.78, 5) is 145. The zero-order valence-electron chi connectivity index (χ0n) is 44.4. The van der Waals surface area contributed by atoms with Gasteiger partial charge in [-0.15, -0.1) is 11.8 Å². The molecule has 11 N–H and O–H groups in total. The third kappa shape index (κ3) is 14.9. The quantitative estimate of drug-likeness (QED) is 0.0325. The highest BCUT2D eigenvalue weighted by Gasteiger charge is 2.42. The highest BCUT2D eigenvalue weighted by Crippen LogP contribution is 2.44. The van der Waals surface area contributed by atoms with Crippen molar-refractivity contribution in [3.05, 3.63) is 142 Å². The fourth-order valence-electron chi connectivity index (χ4n) is 8.78. The molecule has 2 aliphatic heterocycles. The van der Waals surface area contributed by atoms with Crippen molar-refractivity contribution in [2.45, 2.75) is 81.9 Å². The Morgan fingerprint density at radius 1 is 0.711 bits per heavy atom. The first-order valence-electron chi connectivity index (χ1n) is 25.4. The molecule has 4 aromatic carbocycles. The van der Waals surface area contributed by atoms with Gasteiger partial charge in [0, 0.05) is 65.6 Å². The molecule has 1 aliphatic carbocycles. The van der Waals surface area contributed by atoms with E-state index in [-0.39, 0.29) is 51.9 Å². The molecule has 0 radical (unpaired) electrons. The van der Waals surface area contributed by atoms with Crippen molar-refractivity contribution in [2.24, 2.45) is 11.1 Å². The molecule has 3 aliphatic rings. The smallest absolute Gasteiger partial charge is 0.336 e. The molecule has 1 unspecified atom stereocenters. The van der Waals surface area contributed by atoms with Crippen LogP contribution in [0, 0.1) is 17.0 Å². The lowest BCUT2D eigenvalue weighted by molar-refractivity contribution is -0.143. The summed E-state index contributed by atoms with van der Waals surface area (Å²) in [5.74, 6) is -15.4. The van der Waals surface area contributed by atoms with Crippen LogP contribution in [0.2, 0.25) is 0 Å². The molecule has 6 atom stereocenters.